The van der Waals surface area contributed by atoms with E-state index in [1.807, 2.05) is 4.68 Å². The maximum absolute atomic E-state index is 5.64. The third-order valence-corrected chi connectivity index (χ3v) is 2.88. The van der Waals surface area contributed by atoms with Crippen LogP contribution in [0.15, 0.2) is 6.33 Å². The van der Waals surface area contributed by atoms with Crippen molar-refractivity contribution in [3.05, 3.63) is 12.2 Å². The largest absolute Gasteiger partial charge is 0.329 e. The fourth-order valence-corrected chi connectivity index (χ4v) is 1.83. The number of nitrogens with two attached hydrogens (primary N) is 1. The molecular formula is C9H17N5. The van der Waals surface area contributed by atoms with Crippen LogP contribution in [0.25, 0.3) is 0 Å². The Kier molecular flexibility index (Phi) is 2.79. The van der Waals surface area contributed by atoms with Gasteiger partial charge in [-0.15, -0.1) is 0 Å². The Bertz CT molecular complexity index is 293. The van der Waals surface area contributed by atoms with Crippen LogP contribution in [-0.2, 0) is 13.1 Å². The second kappa shape index (κ2) is 4.06. The standard InChI is InChI=1S/C9H17N5/c1-2-14-9(11-7-12-14)6-13-4-3-8(13)5-10/h7-8H,2-6,10H2,1H3. The number of aromatic nitrogens is 3. The van der Waals surface area contributed by atoms with E-state index in [9.17, 15) is 0 Å². The molecule has 0 bridgehead atoms. The van der Waals surface area contributed by atoms with Gasteiger partial charge >= 0.3 is 0 Å². The molecule has 2 rings (SSSR count). The monoisotopic (exact) mass is 195 g/mol. The predicted octanol–water partition coefficient (Wildman–Crippen LogP) is -0.169. The topological polar surface area (TPSA) is 60.0 Å². The van der Waals surface area contributed by atoms with Crippen molar-refractivity contribution in [3.8, 4) is 0 Å². The molecule has 0 amide bonds. The van der Waals surface area contributed by atoms with E-state index >= 15 is 0 Å². The van der Waals surface area contributed by atoms with Gasteiger partial charge in [-0.2, -0.15) is 5.10 Å². The van der Waals surface area contributed by atoms with Crippen LogP contribution in [0.5, 0.6) is 0 Å². The van der Waals surface area contributed by atoms with Crippen LogP contribution in [0.1, 0.15) is 19.2 Å². The van der Waals surface area contributed by atoms with Crippen LogP contribution in [0.2, 0.25) is 0 Å². The van der Waals surface area contributed by atoms with E-state index < -0.39 is 0 Å². The highest BCUT2D eigenvalue weighted by atomic mass is 15.4. The van der Waals surface area contributed by atoms with E-state index in [-0.39, 0.29) is 0 Å². The smallest absolute Gasteiger partial charge is 0.141 e. The van der Waals surface area contributed by atoms with Crippen molar-refractivity contribution in [2.45, 2.75) is 32.5 Å². The fourth-order valence-electron chi connectivity index (χ4n) is 1.83. The van der Waals surface area contributed by atoms with Gasteiger partial charge in [-0.3, -0.25) is 4.90 Å². The highest BCUT2D eigenvalue weighted by Crippen LogP contribution is 2.18. The van der Waals surface area contributed by atoms with E-state index in [2.05, 4.69) is 21.9 Å². The minimum absolute atomic E-state index is 0.553. The molecule has 1 aromatic rings. The number of hydrogen-bond acceptors (Lipinski definition) is 4. The van der Waals surface area contributed by atoms with Gasteiger partial charge in [-0.05, 0) is 13.3 Å². The van der Waals surface area contributed by atoms with Crippen LogP contribution in [0, 0.1) is 0 Å². The second-order valence-corrected chi connectivity index (χ2v) is 3.64. The molecule has 5 heteroatoms. The molecule has 0 aromatic carbocycles. The fraction of sp³-hybridized carbons (Fsp3) is 0.778. The van der Waals surface area contributed by atoms with Gasteiger partial charge in [0, 0.05) is 25.7 Å². The van der Waals surface area contributed by atoms with Crippen LogP contribution in [-0.4, -0.2) is 38.8 Å². The maximum atomic E-state index is 5.64. The lowest BCUT2D eigenvalue weighted by molar-refractivity contribution is 0.0833. The Morgan fingerprint density at radius 3 is 3.07 bits per heavy atom. The van der Waals surface area contributed by atoms with Gasteiger partial charge < -0.3 is 5.73 Å². The summed E-state index contributed by atoms with van der Waals surface area (Å²) in [6.45, 7) is 5.74. The minimum Gasteiger partial charge on any atom is -0.329 e. The number of likely N-dealkylation sites (tertiary alicyclic amines) is 1. The van der Waals surface area contributed by atoms with Gasteiger partial charge in [0.05, 0.1) is 6.54 Å². The van der Waals surface area contributed by atoms with Gasteiger partial charge in [-0.25, -0.2) is 9.67 Å². The molecule has 0 saturated carbocycles. The molecular weight excluding hydrogens is 178 g/mol. The molecule has 1 aliphatic rings. The molecule has 1 saturated heterocycles. The van der Waals surface area contributed by atoms with Crippen molar-refractivity contribution in [2.75, 3.05) is 13.1 Å². The third kappa shape index (κ3) is 1.65. The van der Waals surface area contributed by atoms with Crippen molar-refractivity contribution < 1.29 is 0 Å². The van der Waals surface area contributed by atoms with E-state index in [1.165, 1.54) is 6.42 Å². The van der Waals surface area contributed by atoms with Gasteiger partial charge in [-0.1, -0.05) is 0 Å². The third-order valence-electron chi connectivity index (χ3n) is 2.88. The Labute approximate surface area is 83.9 Å². The molecule has 1 fully saturated rings. The number of nitrogens with zero attached hydrogens (tertiary/aromatic N) is 4. The van der Waals surface area contributed by atoms with Gasteiger partial charge in [0.2, 0.25) is 0 Å². The van der Waals surface area contributed by atoms with Crippen molar-refractivity contribution in [2.24, 2.45) is 5.73 Å². The molecule has 2 heterocycles. The summed E-state index contributed by atoms with van der Waals surface area (Å²) in [5.74, 6) is 1.05. The van der Waals surface area contributed by atoms with Crippen LogP contribution >= 0.6 is 0 Å². The summed E-state index contributed by atoms with van der Waals surface area (Å²) in [6, 6.07) is 0.553. The molecule has 0 spiro atoms. The Morgan fingerprint density at radius 2 is 2.50 bits per heavy atom. The highest BCUT2D eigenvalue weighted by molar-refractivity contribution is 4.91. The lowest BCUT2D eigenvalue weighted by atomic mass is 10.0. The lowest BCUT2D eigenvalue weighted by Crippen LogP contribution is -2.51. The Morgan fingerprint density at radius 1 is 1.64 bits per heavy atom. The summed E-state index contributed by atoms with van der Waals surface area (Å²) in [6.07, 6.45) is 2.84. The van der Waals surface area contributed by atoms with Crippen molar-refractivity contribution in [1.29, 1.82) is 0 Å². The van der Waals surface area contributed by atoms with E-state index in [0.29, 0.717) is 6.04 Å². The van der Waals surface area contributed by atoms with Crippen LogP contribution < -0.4 is 5.73 Å². The summed E-state index contributed by atoms with van der Waals surface area (Å²) in [5, 5.41) is 4.14. The summed E-state index contributed by atoms with van der Waals surface area (Å²) < 4.78 is 1.94. The van der Waals surface area contributed by atoms with Gasteiger partial charge in [0.1, 0.15) is 12.2 Å². The normalized spacial score (nSPS) is 22.3. The predicted molar refractivity (Wildman–Crippen MR) is 53.6 cm³/mol. The molecule has 5 nitrogen and oxygen atoms in total. The molecule has 78 valence electrons. The molecule has 14 heavy (non-hydrogen) atoms. The average Bonchev–Trinajstić information content (AvgIpc) is 2.60. The molecule has 1 atom stereocenters. The maximum Gasteiger partial charge on any atom is 0.141 e. The number of rotatable bonds is 4. The van der Waals surface area contributed by atoms with Gasteiger partial charge in [0.25, 0.3) is 0 Å². The minimum atomic E-state index is 0.553. The number of hydrogen-bond donors (Lipinski definition) is 1. The molecule has 0 aliphatic carbocycles. The van der Waals surface area contributed by atoms with E-state index in [0.717, 1.165) is 32.0 Å². The summed E-state index contributed by atoms with van der Waals surface area (Å²) in [5.41, 5.74) is 5.64. The average molecular weight is 195 g/mol. The lowest BCUT2D eigenvalue weighted by Gasteiger charge is -2.39. The first-order valence-electron chi connectivity index (χ1n) is 5.16. The second-order valence-electron chi connectivity index (χ2n) is 3.64. The first-order valence-corrected chi connectivity index (χ1v) is 5.16. The van der Waals surface area contributed by atoms with Gasteiger partial charge in [0.15, 0.2) is 0 Å². The van der Waals surface area contributed by atoms with E-state index in [1.54, 1.807) is 6.33 Å². The zero-order valence-electron chi connectivity index (χ0n) is 8.56. The number of aryl methyl sites for hydroxylation is 1. The molecule has 0 radical (unpaired) electrons. The first kappa shape index (κ1) is 9.61. The van der Waals surface area contributed by atoms with E-state index in [4.69, 9.17) is 5.73 Å². The summed E-state index contributed by atoms with van der Waals surface area (Å²) in [7, 11) is 0. The van der Waals surface area contributed by atoms with Crippen molar-refractivity contribution >= 4 is 0 Å². The first-order chi connectivity index (χ1) is 6.85. The Balaban J connectivity index is 1.97. The zero-order chi connectivity index (χ0) is 9.97. The van der Waals surface area contributed by atoms with Crippen molar-refractivity contribution in [3.63, 3.8) is 0 Å². The van der Waals surface area contributed by atoms with Crippen LogP contribution in [0.3, 0.4) is 0 Å². The zero-order valence-corrected chi connectivity index (χ0v) is 8.56. The molecule has 1 aromatic heterocycles. The summed E-state index contributed by atoms with van der Waals surface area (Å²) in [4.78, 5) is 6.60. The highest BCUT2D eigenvalue weighted by Gasteiger charge is 2.27. The van der Waals surface area contributed by atoms with Crippen molar-refractivity contribution in [1.82, 2.24) is 19.7 Å². The Hall–Kier alpha value is -0.940. The molecule has 1 unspecified atom stereocenters. The quantitative estimate of drug-likeness (QED) is 0.724. The summed E-state index contributed by atoms with van der Waals surface area (Å²) >= 11 is 0. The molecule has 1 aliphatic heterocycles. The SMILES string of the molecule is CCn1ncnc1CN1CCC1CN. The van der Waals surface area contributed by atoms with Crippen LogP contribution in [0.4, 0.5) is 0 Å². The molecule has 2 N–H and O–H groups in total.